The fourth-order valence-electron chi connectivity index (χ4n) is 5.01. The highest BCUT2D eigenvalue weighted by Gasteiger charge is 2.35. The predicted octanol–water partition coefficient (Wildman–Crippen LogP) is 1.13. The zero-order chi connectivity index (χ0) is 29.6. The van der Waals surface area contributed by atoms with Gasteiger partial charge in [0.1, 0.15) is 24.3 Å². The molecule has 0 saturated carbocycles. The minimum Gasteiger partial charge on any atom is -0.491 e. The van der Waals surface area contributed by atoms with Gasteiger partial charge >= 0.3 is 6.09 Å². The average molecular weight is 585 g/mol. The van der Waals surface area contributed by atoms with Crippen LogP contribution in [0.1, 0.15) is 17.5 Å². The van der Waals surface area contributed by atoms with Crippen LogP contribution in [0, 0.1) is 5.82 Å². The number of anilines is 2. The van der Waals surface area contributed by atoms with Crippen molar-refractivity contribution in [2.24, 2.45) is 0 Å². The summed E-state index contributed by atoms with van der Waals surface area (Å²) in [6.07, 6.45) is 5.66. The highest BCUT2D eigenvalue weighted by Crippen LogP contribution is 2.32. The van der Waals surface area contributed by atoms with Crippen molar-refractivity contribution in [3.05, 3.63) is 47.7 Å². The smallest absolute Gasteiger partial charge is 0.415 e. The van der Waals surface area contributed by atoms with E-state index in [9.17, 15) is 14.0 Å². The predicted molar refractivity (Wildman–Crippen MR) is 143 cm³/mol. The maximum Gasteiger partial charge on any atom is 0.415 e. The van der Waals surface area contributed by atoms with Gasteiger partial charge in [-0.15, -0.1) is 0 Å². The largest absolute Gasteiger partial charge is 0.491 e. The zero-order valence-corrected chi connectivity index (χ0v) is 22.7. The number of cyclic esters (lactones) is 1. The lowest BCUT2D eigenvalue weighted by Crippen LogP contribution is -2.35. The first kappa shape index (κ1) is 28.7. The molecule has 4 heterocycles. The topological polar surface area (TPSA) is 174 Å². The molecule has 2 unspecified atom stereocenters. The number of hydrogen-bond acceptors (Lipinski definition) is 11. The van der Waals surface area contributed by atoms with E-state index in [4.69, 9.17) is 24.1 Å². The normalized spacial score (nSPS) is 18.8. The summed E-state index contributed by atoms with van der Waals surface area (Å²) in [5, 5.41) is 17.5. The molecule has 15 nitrogen and oxygen atoms in total. The van der Waals surface area contributed by atoms with E-state index in [2.05, 4.69) is 30.4 Å². The molecule has 222 valence electrons. The number of hydrogen-bond donors (Lipinski definition) is 2. The van der Waals surface area contributed by atoms with Crippen LogP contribution in [-0.2, 0) is 33.7 Å². The Morgan fingerprint density at radius 3 is 2.83 bits per heavy atom. The lowest BCUT2D eigenvalue weighted by molar-refractivity contribution is -0.123. The molecule has 2 N–H and O–H groups in total. The fourth-order valence-corrected chi connectivity index (χ4v) is 5.01. The van der Waals surface area contributed by atoms with Crippen LogP contribution in [0.15, 0.2) is 30.7 Å². The van der Waals surface area contributed by atoms with Crippen molar-refractivity contribution in [3.63, 3.8) is 0 Å². The van der Waals surface area contributed by atoms with E-state index in [1.165, 1.54) is 22.0 Å². The Labute approximate surface area is 239 Å². The van der Waals surface area contributed by atoms with E-state index in [1.54, 1.807) is 12.4 Å². The van der Waals surface area contributed by atoms with Crippen molar-refractivity contribution in [2.45, 2.75) is 38.0 Å². The number of rotatable bonds is 9. The Balaban J connectivity index is 0.00000113. The van der Waals surface area contributed by atoms with Crippen molar-refractivity contribution in [3.8, 4) is 11.6 Å². The number of carbonyl (C=O) groups is 3. The highest BCUT2D eigenvalue weighted by atomic mass is 19.1. The van der Waals surface area contributed by atoms with Crippen LogP contribution in [0.4, 0.5) is 20.8 Å². The number of fused-ring (bicyclic) bond motifs is 2. The second-order valence-electron chi connectivity index (χ2n) is 9.79. The number of benzene rings is 1. The van der Waals surface area contributed by atoms with Gasteiger partial charge in [0.05, 0.1) is 31.7 Å². The van der Waals surface area contributed by atoms with Crippen LogP contribution in [0.5, 0.6) is 11.6 Å². The van der Waals surface area contributed by atoms with Gasteiger partial charge in [0, 0.05) is 18.7 Å². The molecule has 3 aliphatic rings. The Kier molecular flexibility index (Phi) is 8.71. The summed E-state index contributed by atoms with van der Waals surface area (Å²) in [6.45, 7) is 1.41. The Bertz CT molecular complexity index is 1440. The molecular weight excluding hydrogens is 555 g/mol. The minimum absolute atomic E-state index is 0.124. The van der Waals surface area contributed by atoms with E-state index < -0.39 is 6.09 Å². The summed E-state index contributed by atoms with van der Waals surface area (Å²) in [5.74, 6) is 0.569. The molecule has 42 heavy (non-hydrogen) atoms. The van der Waals surface area contributed by atoms with Crippen LogP contribution in [-0.4, -0.2) is 98.9 Å². The maximum absolute atomic E-state index is 14.9. The molecule has 2 atom stereocenters. The van der Waals surface area contributed by atoms with Gasteiger partial charge in [-0.25, -0.2) is 19.2 Å². The first-order valence-corrected chi connectivity index (χ1v) is 13.2. The standard InChI is InChI=1S/C25H27FN8O5.CH2O2/c1-32(16-8-15-9-18(11-20(26)19(15)10-16)37-7-6-34-28-3-4-29-34)5-2-17-13-33(25(36)39-17)21-12-27-24-23(30-21)31-22(35)14-38-24;2-1-3/h3-4,9,11-12,16-17H,2,5-8,10,13-14H2,1H3,(H,30,31,35);1H,(H,2,3). The molecule has 6 rings (SSSR count). The number of nitrogens with zero attached hydrogens (tertiary/aromatic N) is 7. The van der Waals surface area contributed by atoms with E-state index in [0.717, 1.165) is 5.56 Å². The first-order valence-electron chi connectivity index (χ1n) is 13.2. The number of nitrogens with one attached hydrogen (secondary N) is 1. The van der Waals surface area contributed by atoms with Gasteiger partial charge in [-0.05, 0) is 43.5 Å². The molecule has 1 fully saturated rings. The number of ether oxygens (including phenoxy) is 3. The summed E-state index contributed by atoms with van der Waals surface area (Å²) in [5.41, 5.74) is 1.66. The second kappa shape index (κ2) is 12.8. The second-order valence-corrected chi connectivity index (χ2v) is 9.79. The fraction of sp³-hybridized carbons (Fsp3) is 0.423. The highest BCUT2D eigenvalue weighted by molar-refractivity contribution is 5.94. The molecule has 1 aliphatic carbocycles. The van der Waals surface area contributed by atoms with Crippen molar-refractivity contribution >= 4 is 30.1 Å². The molecule has 2 aliphatic heterocycles. The van der Waals surface area contributed by atoms with Gasteiger partial charge in [-0.1, -0.05) is 0 Å². The van der Waals surface area contributed by atoms with Crippen LogP contribution in [0.2, 0.25) is 0 Å². The van der Waals surface area contributed by atoms with Crippen LogP contribution in [0.3, 0.4) is 0 Å². The molecular formula is C26H29FN8O7. The maximum atomic E-state index is 14.9. The molecule has 16 heteroatoms. The molecule has 0 radical (unpaired) electrons. The molecule has 2 amide bonds. The number of amides is 2. The molecule has 2 aromatic heterocycles. The van der Waals surface area contributed by atoms with Crippen LogP contribution >= 0.6 is 0 Å². The van der Waals surface area contributed by atoms with E-state index >= 15 is 0 Å². The van der Waals surface area contributed by atoms with Crippen molar-refractivity contribution in [1.29, 1.82) is 0 Å². The Morgan fingerprint density at radius 1 is 1.26 bits per heavy atom. The van der Waals surface area contributed by atoms with Crippen molar-refractivity contribution in [1.82, 2.24) is 29.9 Å². The lowest BCUT2D eigenvalue weighted by Gasteiger charge is -2.25. The van der Waals surface area contributed by atoms with Gasteiger partial charge in [-0.2, -0.15) is 15.0 Å². The summed E-state index contributed by atoms with van der Waals surface area (Å²) in [7, 11) is 2.00. The molecule has 0 spiro atoms. The van der Waals surface area contributed by atoms with Gasteiger partial charge in [-0.3, -0.25) is 14.5 Å². The van der Waals surface area contributed by atoms with Gasteiger partial charge in [0.2, 0.25) is 0 Å². The van der Waals surface area contributed by atoms with E-state index in [1.807, 2.05) is 13.1 Å². The number of aromatic nitrogens is 5. The number of likely N-dealkylation sites (N-methyl/N-ethyl adjacent to an activating group) is 1. The quantitative estimate of drug-likeness (QED) is 0.344. The lowest BCUT2D eigenvalue weighted by atomic mass is 10.1. The Morgan fingerprint density at radius 2 is 2.05 bits per heavy atom. The van der Waals surface area contributed by atoms with Gasteiger partial charge in [0.15, 0.2) is 18.2 Å². The summed E-state index contributed by atoms with van der Waals surface area (Å²) < 4.78 is 31.4. The van der Waals surface area contributed by atoms with E-state index in [0.29, 0.717) is 56.8 Å². The van der Waals surface area contributed by atoms with Crippen molar-refractivity contribution in [2.75, 3.05) is 43.6 Å². The summed E-state index contributed by atoms with van der Waals surface area (Å²) >= 11 is 0. The average Bonchev–Trinajstić information content (AvgIpc) is 3.72. The third kappa shape index (κ3) is 6.54. The molecule has 0 bridgehead atoms. The van der Waals surface area contributed by atoms with Crippen molar-refractivity contribution < 1.29 is 38.1 Å². The van der Waals surface area contributed by atoms with Crippen LogP contribution < -0.4 is 19.7 Å². The minimum atomic E-state index is -0.522. The Hall–Kier alpha value is -4.86. The van der Waals surface area contributed by atoms with Gasteiger partial charge in [0.25, 0.3) is 18.3 Å². The molecule has 1 saturated heterocycles. The first-order chi connectivity index (χ1) is 20.3. The number of halogens is 1. The number of carbonyl (C=O) groups excluding carboxylic acids is 2. The van der Waals surface area contributed by atoms with Crippen LogP contribution in [0.25, 0.3) is 0 Å². The molecule has 1 aromatic carbocycles. The zero-order valence-electron chi connectivity index (χ0n) is 22.7. The third-order valence-corrected chi connectivity index (χ3v) is 7.09. The number of carboxylic acid groups (broad SMARTS) is 1. The SMILES string of the molecule is CN(CCC1CN(c2cnc3c(n2)NC(=O)CO3)C(=O)O1)C1Cc2cc(OCCn3nccn3)cc(F)c2C1.O=CO. The molecule has 3 aromatic rings. The summed E-state index contributed by atoms with van der Waals surface area (Å²) in [4.78, 5) is 46.0. The third-order valence-electron chi connectivity index (χ3n) is 7.09. The van der Waals surface area contributed by atoms with Gasteiger partial charge < -0.3 is 29.5 Å². The van der Waals surface area contributed by atoms with E-state index in [-0.39, 0.29) is 54.5 Å². The monoisotopic (exact) mass is 584 g/mol. The summed E-state index contributed by atoms with van der Waals surface area (Å²) in [6, 6.07) is 3.47.